The minimum atomic E-state index is -1.27. The quantitative estimate of drug-likeness (QED) is 0.582. The zero-order valence-electron chi connectivity index (χ0n) is 18.1. The summed E-state index contributed by atoms with van der Waals surface area (Å²) in [6.45, 7) is 1.74. The number of benzene rings is 2. The summed E-state index contributed by atoms with van der Waals surface area (Å²) in [6.07, 6.45) is 0.286. The summed E-state index contributed by atoms with van der Waals surface area (Å²) in [6, 6.07) is 21.7. The van der Waals surface area contributed by atoms with Crippen molar-refractivity contribution < 1.29 is 18.8 Å². The molecular formula is C25H25N3O4. The van der Waals surface area contributed by atoms with Crippen molar-refractivity contribution in [3.05, 3.63) is 95.4 Å². The van der Waals surface area contributed by atoms with Gasteiger partial charge in [0, 0.05) is 13.5 Å². The predicted octanol–water partition coefficient (Wildman–Crippen LogP) is 3.24. The van der Waals surface area contributed by atoms with Gasteiger partial charge in [-0.25, -0.2) is 4.79 Å². The Hall–Kier alpha value is -3.87. The van der Waals surface area contributed by atoms with E-state index in [4.69, 9.17) is 4.42 Å². The highest BCUT2D eigenvalue weighted by atomic mass is 16.3. The number of imide groups is 1. The number of amides is 4. The molecule has 1 aliphatic rings. The Bertz CT molecular complexity index is 1130. The van der Waals surface area contributed by atoms with Crippen molar-refractivity contribution in [1.82, 2.24) is 15.1 Å². The van der Waals surface area contributed by atoms with E-state index in [2.05, 4.69) is 5.32 Å². The summed E-state index contributed by atoms with van der Waals surface area (Å²) in [7, 11) is 1.62. The molecule has 1 atom stereocenters. The van der Waals surface area contributed by atoms with Gasteiger partial charge in [0.1, 0.15) is 18.1 Å². The second-order valence-electron chi connectivity index (χ2n) is 8.02. The summed E-state index contributed by atoms with van der Waals surface area (Å²) in [4.78, 5) is 41.8. The molecule has 0 radical (unpaired) electrons. The molecular weight excluding hydrogens is 406 g/mol. The van der Waals surface area contributed by atoms with Crippen LogP contribution in [-0.2, 0) is 28.1 Å². The lowest BCUT2D eigenvalue weighted by atomic mass is 9.83. The number of nitrogens with zero attached hydrogens (tertiary/aromatic N) is 2. The SMILES string of the molecule is Cc1ccc(CN(C)C(=O)CN2C(=O)NC(Cc3ccccc3)(c3ccccc3)C2=O)o1. The fraction of sp³-hybridized carbons (Fsp3) is 0.240. The molecule has 1 fully saturated rings. The Morgan fingerprint density at radius 2 is 1.66 bits per heavy atom. The molecule has 0 saturated carbocycles. The molecule has 164 valence electrons. The number of hydrogen-bond acceptors (Lipinski definition) is 4. The Labute approximate surface area is 186 Å². The van der Waals surface area contributed by atoms with Gasteiger partial charge in [-0.2, -0.15) is 0 Å². The van der Waals surface area contributed by atoms with Crippen molar-refractivity contribution in [2.45, 2.75) is 25.4 Å². The highest BCUT2D eigenvalue weighted by Crippen LogP contribution is 2.33. The molecule has 1 unspecified atom stereocenters. The molecule has 1 saturated heterocycles. The monoisotopic (exact) mass is 431 g/mol. The van der Waals surface area contributed by atoms with Gasteiger partial charge in [0.2, 0.25) is 5.91 Å². The summed E-state index contributed by atoms with van der Waals surface area (Å²) in [5.74, 6) is 0.598. The maximum Gasteiger partial charge on any atom is 0.325 e. The minimum absolute atomic E-state index is 0.254. The van der Waals surface area contributed by atoms with Gasteiger partial charge in [0.05, 0.1) is 6.54 Å². The standard InChI is InChI=1S/C25H25N3O4/c1-18-13-14-21(32-18)16-27(2)22(29)17-28-23(30)25(26-24(28)31,20-11-7-4-8-12-20)15-19-9-5-3-6-10-19/h3-14H,15-17H2,1-2H3,(H,26,31). The van der Waals surface area contributed by atoms with Crippen molar-refractivity contribution in [3.63, 3.8) is 0 Å². The van der Waals surface area contributed by atoms with E-state index in [1.54, 1.807) is 13.1 Å². The second kappa shape index (κ2) is 8.70. The molecule has 32 heavy (non-hydrogen) atoms. The highest BCUT2D eigenvalue weighted by Gasteiger charge is 2.52. The molecule has 3 aromatic rings. The van der Waals surface area contributed by atoms with E-state index in [0.29, 0.717) is 11.3 Å². The van der Waals surface area contributed by atoms with Crippen LogP contribution in [0.4, 0.5) is 4.79 Å². The number of furan rings is 1. The number of nitrogens with one attached hydrogen (secondary N) is 1. The van der Waals surface area contributed by atoms with Crippen LogP contribution in [0.15, 0.2) is 77.2 Å². The molecule has 2 heterocycles. The first-order valence-electron chi connectivity index (χ1n) is 10.4. The second-order valence-corrected chi connectivity index (χ2v) is 8.02. The number of rotatable bonds is 7. The van der Waals surface area contributed by atoms with E-state index < -0.39 is 17.5 Å². The van der Waals surface area contributed by atoms with Gasteiger partial charge in [0.15, 0.2) is 5.54 Å². The van der Waals surface area contributed by atoms with E-state index in [1.807, 2.05) is 73.7 Å². The van der Waals surface area contributed by atoms with Crippen molar-refractivity contribution in [2.75, 3.05) is 13.6 Å². The third kappa shape index (κ3) is 4.14. The highest BCUT2D eigenvalue weighted by molar-refractivity contribution is 6.09. The molecule has 1 N–H and O–H groups in total. The van der Waals surface area contributed by atoms with E-state index in [0.717, 1.165) is 16.2 Å². The lowest BCUT2D eigenvalue weighted by molar-refractivity contribution is -0.138. The summed E-state index contributed by atoms with van der Waals surface area (Å²) >= 11 is 0. The van der Waals surface area contributed by atoms with Crippen molar-refractivity contribution >= 4 is 17.8 Å². The Balaban J connectivity index is 1.57. The van der Waals surface area contributed by atoms with Gasteiger partial charge in [-0.3, -0.25) is 14.5 Å². The molecule has 1 aliphatic heterocycles. The van der Waals surface area contributed by atoms with Crippen molar-refractivity contribution in [1.29, 1.82) is 0 Å². The zero-order valence-corrected chi connectivity index (χ0v) is 18.1. The third-order valence-corrected chi connectivity index (χ3v) is 5.66. The molecule has 0 spiro atoms. The number of hydrogen-bond donors (Lipinski definition) is 1. The van der Waals surface area contributed by atoms with E-state index >= 15 is 0 Å². The normalized spacial score (nSPS) is 18.0. The van der Waals surface area contributed by atoms with Gasteiger partial charge in [-0.1, -0.05) is 60.7 Å². The van der Waals surface area contributed by atoms with Gasteiger partial charge in [-0.15, -0.1) is 0 Å². The summed E-state index contributed by atoms with van der Waals surface area (Å²) in [5, 5.41) is 2.88. The number of likely N-dealkylation sites (N-methyl/N-ethyl adjacent to an activating group) is 1. The van der Waals surface area contributed by atoms with Crippen molar-refractivity contribution in [2.24, 2.45) is 0 Å². The maximum absolute atomic E-state index is 13.6. The van der Waals surface area contributed by atoms with Crippen LogP contribution in [0.5, 0.6) is 0 Å². The van der Waals surface area contributed by atoms with E-state index in [1.165, 1.54) is 4.90 Å². The van der Waals surface area contributed by atoms with Crippen LogP contribution in [0.2, 0.25) is 0 Å². The van der Waals surface area contributed by atoms with Crippen LogP contribution < -0.4 is 5.32 Å². The van der Waals surface area contributed by atoms with Gasteiger partial charge in [0.25, 0.3) is 5.91 Å². The molecule has 4 amide bonds. The lowest BCUT2D eigenvalue weighted by Crippen LogP contribution is -2.47. The number of carbonyl (C=O) groups excluding carboxylic acids is 3. The Kier molecular flexibility index (Phi) is 5.81. The number of aryl methyl sites for hydroxylation is 1. The largest absolute Gasteiger partial charge is 0.464 e. The first kappa shape index (κ1) is 21.4. The first-order chi connectivity index (χ1) is 15.4. The Morgan fingerprint density at radius 3 is 2.28 bits per heavy atom. The topological polar surface area (TPSA) is 82.9 Å². The van der Waals surface area contributed by atoms with Crippen LogP contribution >= 0.6 is 0 Å². The van der Waals surface area contributed by atoms with Crippen LogP contribution in [-0.4, -0.2) is 41.2 Å². The average molecular weight is 431 g/mol. The Morgan fingerprint density at radius 1 is 1.00 bits per heavy atom. The number of carbonyl (C=O) groups is 3. The third-order valence-electron chi connectivity index (χ3n) is 5.66. The first-order valence-corrected chi connectivity index (χ1v) is 10.4. The predicted molar refractivity (Wildman–Crippen MR) is 118 cm³/mol. The van der Waals surface area contributed by atoms with Crippen LogP contribution in [0.1, 0.15) is 22.6 Å². The number of urea groups is 1. The fourth-order valence-corrected chi connectivity index (χ4v) is 3.96. The summed E-state index contributed by atoms with van der Waals surface area (Å²) < 4.78 is 5.52. The molecule has 0 aliphatic carbocycles. The smallest absolute Gasteiger partial charge is 0.325 e. The van der Waals surface area contributed by atoms with Crippen LogP contribution in [0.3, 0.4) is 0 Å². The van der Waals surface area contributed by atoms with Crippen molar-refractivity contribution in [3.8, 4) is 0 Å². The maximum atomic E-state index is 13.6. The zero-order chi connectivity index (χ0) is 22.7. The van der Waals surface area contributed by atoms with Gasteiger partial charge < -0.3 is 14.6 Å². The molecule has 1 aromatic heterocycles. The average Bonchev–Trinajstić information content (AvgIpc) is 3.31. The molecule has 2 aromatic carbocycles. The molecule has 0 bridgehead atoms. The van der Waals surface area contributed by atoms with E-state index in [-0.39, 0.29) is 25.4 Å². The molecule has 7 heteroatoms. The van der Waals surface area contributed by atoms with Crippen LogP contribution in [0.25, 0.3) is 0 Å². The lowest BCUT2D eigenvalue weighted by Gasteiger charge is -2.28. The minimum Gasteiger partial charge on any atom is -0.464 e. The van der Waals surface area contributed by atoms with Gasteiger partial charge >= 0.3 is 6.03 Å². The van der Waals surface area contributed by atoms with E-state index in [9.17, 15) is 14.4 Å². The molecule has 7 nitrogen and oxygen atoms in total. The summed E-state index contributed by atoms with van der Waals surface area (Å²) in [5.41, 5.74) is 0.316. The fourth-order valence-electron chi connectivity index (χ4n) is 3.96. The molecule has 4 rings (SSSR count). The van der Waals surface area contributed by atoms with Crippen LogP contribution in [0, 0.1) is 6.92 Å². The van der Waals surface area contributed by atoms with Gasteiger partial charge in [-0.05, 0) is 30.2 Å².